The van der Waals surface area contributed by atoms with Crippen LogP contribution in [0.15, 0.2) is 53.4 Å². The van der Waals surface area contributed by atoms with E-state index in [0.717, 1.165) is 24.2 Å². The number of halogens is 1. The molecule has 1 unspecified atom stereocenters. The second kappa shape index (κ2) is 6.51. The summed E-state index contributed by atoms with van der Waals surface area (Å²) in [6.07, 6.45) is 1.65. The van der Waals surface area contributed by atoms with E-state index in [1.807, 2.05) is 24.3 Å². The van der Waals surface area contributed by atoms with Gasteiger partial charge in [-0.15, -0.1) is 0 Å². The Hall–Kier alpha value is -1.56. The van der Waals surface area contributed by atoms with Gasteiger partial charge in [0.05, 0.1) is 18.0 Å². The molecule has 0 radical (unpaired) electrons. The van der Waals surface area contributed by atoms with Crippen LogP contribution in [0, 0.1) is 0 Å². The van der Waals surface area contributed by atoms with Crippen LogP contribution in [0.2, 0.25) is 5.02 Å². The highest BCUT2D eigenvalue weighted by molar-refractivity contribution is 7.89. The highest BCUT2D eigenvalue weighted by Crippen LogP contribution is 2.37. The third-order valence-corrected chi connectivity index (χ3v) is 6.28. The van der Waals surface area contributed by atoms with Crippen molar-refractivity contribution in [3.63, 3.8) is 0 Å². The summed E-state index contributed by atoms with van der Waals surface area (Å²) < 4.78 is 32.7. The number of hydrogen-bond donors (Lipinski definition) is 0. The Morgan fingerprint density at radius 2 is 1.91 bits per heavy atom. The molecule has 1 saturated heterocycles. The fourth-order valence-corrected chi connectivity index (χ4v) is 4.76. The van der Waals surface area contributed by atoms with Crippen molar-refractivity contribution in [2.75, 3.05) is 13.7 Å². The van der Waals surface area contributed by atoms with E-state index in [9.17, 15) is 8.42 Å². The molecule has 0 amide bonds. The number of sulfonamides is 1. The summed E-state index contributed by atoms with van der Waals surface area (Å²) in [5.41, 5.74) is 0.958. The predicted molar refractivity (Wildman–Crippen MR) is 90.3 cm³/mol. The third-order valence-electron chi connectivity index (χ3n) is 4.10. The number of benzene rings is 2. The molecule has 0 N–H and O–H groups in total. The van der Waals surface area contributed by atoms with Crippen molar-refractivity contribution in [3.05, 3.63) is 59.1 Å². The van der Waals surface area contributed by atoms with Crippen LogP contribution in [0.1, 0.15) is 24.4 Å². The lowest BCUT2D eigenvalue weighted by Crippen LogP contribution is -2.30. The first-order chi connectivity index (χ1) is 11.0. The van der Waals surface area contributed by atoms with Crippen molar-refractivity contribution in [2.24, 2.45) is 0 Å². The Kier molecular flexibility index (Phi) is 4.62. The zero-order valence-electron chi connectivity index (χ0n) is 12.8. The minimum Gasteiger partial charge on any atom is -0.497 e. The van der Waals surface area contributed by atoms with Crippen LogP contribution in [0.25, 0.3) is 0 Å². The van der Waals surface area contributed by atoms with Gasteiger partial charge in [-0.3, -0.25) is 0 Å². The molecule has 1 aliphatic rings. The summed E-state index contributed by atoms with van der Waals surface area (Å²) in [6.45, 7) is 0.521. The molecular weight excluding hydrogens is 334 g/mol. The standard InChI is InChI=1S/C17H18ClNO3S/c1-22-15-5-2-4-13(12-15)17-6-3-11-19(17)23(20,21)16-9-7-14(18)8-10-16/h2,4-5,7-10,12,17H,3,6,11H2,1H3. The zero-order valence-corrected chi connectivity index (χ0v) is 14.3. The van der Waals surface area contributed by atoms with E-state index in [1.54, 1.807) is 35.7 Å². The highest BCUT2D eigenvalue weighted by Gasteiger charge is 2.36. The van der Waals surface area contributed by atoms with E-state index in [4.69, 9.17) is 16.3 Å². The van der Waals surface area contributed by atoms with Gasteiger partial charge in [-0.05, 0) is 54.8 Å². The molecule has 6 heteroatoms. The lowest BCUT2D eigenvalue weighted by Gasteiger charge is -2.24. The molecule has 4 nitrogen and oxygen atoms in total. The number of hydrogen-bond acceptors (Lipinski definition) is 3. The average molecular weight is 352 g/mol. The van der Waals surface area contributed by atoms with Crippen LogP contribution in [-0.2, 0) is 10.0 Å². The second-order valence-electron chi connectivity index (χ2n) is 5.50. The first kappa shape index (κ1) is 16.3. The van der Waals surface area contributed by atoms with Crippen LogP contribution in [0.4, 0.5) is 0 Å². The lowest BCUT2D eigenvalue weighted by molar-refractivity contribution is 0.390. The predicted octanol–water partition coefficient (Wildman–Crippen LogP) is 3.87. The molecular formula is C17H18ClNO3S. The average Bonchev–Trinajstić information content (AvgIpc) is 3.06. The molecule has 3 rings (SSSR count). The maximum atomic E-state index is 12.9. The van der Waals surface area contributed by atoms with E-state index < -0.39 is 10.0 Å². The SMILES string of the molecule is COc1cccc(C2CCCN2S(=O)(=O)c2ccc(Cl)cc2)c1. The molecule has 23 heavy (non-hydrogen) atoms. The number of methoxy groups -OCH3 is 1. The summed E-state index contributed by atoms with van der Waals surface area (Å²) in [4.78, 5) is 0.275. The molecule has 0 spiro atoms. The molecule has 1 heterocycles. The van der Waals surface area contributed by atoms with Crippen molar-refractivity contribution < 1.29 is 13.2 Å². The summed E-state index contributed by atoms with van der Waals surface area (Å²) >= 11 is 5.86. The maximum absolute atomic E-state index is 12.9. The van der Waals surface area contributed by atoms with E-state index in [-0.39, 0.29) is 10.9 Å². The molecule has 2 aromatic carbocycles. The molecule has 122 valence electrons. The van der Waals surface area contributed by atoms with Crippen LogP contribution >= 0.6 is 11.6 Å². The van der Waals surface area contributed by atoms with Gasteiger partial charge >= 0.3 is 0 Å². The highest BCUT2D eigenvalue weighted by atomic mass is 35.5. The van der Waals surface area contributed by atoms with E-state index in [1.165, 1.54) is 0 Å². The van der Waals surface area contributed by atoms with Gasteiger partial charge in [0.15, 0.2) is 0 Å². The summed E-state index contributed by atoms with van der Waals surface area (Å²) in [5.74, 6) is 0.734. The van der Waals surface area contributed by atoms with Crippen LogP contribution < -0.4 is 4.74 Å². The largest absolute Gasteiger partial charge is 0.497 e. The molecule has 1 aliphatic heterocycles. The number of nitrogens with zero attached hydrogens (tertiary/aromatic N) is 1. The van der Waals surface area contributed by atoms with Crippen molar-refractivity contribution in [1.29, 1.82) is 0 Å². The second-order valence-corrected chi connectivity index (χ2v) is 7.83. The smallest absolute Gasteiger partial charge is 0.243 e. The Morgan fingerprint density at radius 3 is 2.61 bits per heavy atom. The first-order valence-electron chi connectivity index (χ1n) is 7.44. The fourth-order valence-electron chi connectivity index (χ4n) is 2.95. The minimum absolute atomic E-state index is 0.161. The Morgan fingerprint density at radius 1 is 1.17 bits per heavy atom. The van der Waals surface area contributed by atoms with Gasteiger partial charge in [-0.1, -0.05) is 23.7 Å². The van der Waals surface area contributed by atoms with Crippen LogP contribution in [0.3, 0.4) is 0 Å². The topological polar surface area (TPSA) is 46.6 Å². The number of rotatable bonds is 4. The number of ether oxygens (including phenoxy) is 1. The van der Waals surface area contributed by atoms with Crippen LogP contribution in [0.5, 0.6) is 5.75 Å². The molecule has 0 saturated carbocycles. The molecule has 1 atom stereocenters. The van der Waals surface area contributed by atoms with Crippen molar-refractivity contribution in [2.45, 2.75) is 23.8 Å². The van der Waals surface area contributed by atoms with Gasteiger partial charge in [-0.25, -0.2) is 8.42 Å². The Labute approximate surface area is 141 Å². The van der Waals surface area contributed by atoms with Gasteiger partial charge in [-0.2, -0.15) is 4.31 Å². The summed E-state index contributed by atoms with van der Waals surface area (Å²) in [6, 6.07) is 13.7. The van der Waals surface area contributed by atoms with E-state index >= 15 is 0 Å². The van der Waals surface area contributed by atoms with Gasteiger partial charge in [0.25, 0.3) is 0 Å². The monoisotopic (exact) mass is 351 g/mol. The van der Waals surface area contributed by atoms with Gasteiger partial charge < -0.3 is 4.74 Å². The Balaban J connectivity index is 1.96. The molecule has 0 aliphatic carbocycles. The van der Waals surface area contributed by atoms with Crippen molar-refractivity contribution in [3.8, 4) is 5.75 Å². The summed E-state index contributed by atoms with van der Waals surface area (Å²) in [5, 5.41) is 0.523. The quantitative estimate of drug-likeness (QED) is 0.839. The minimum atomic E-state index is -3.54. The fraction of sp³-hybridized carbons (Fsp3) is 0.294. The molecule has 0 bridgehead atoms. The normalized spacial score (nSPS) is 19.0. The van der Waals surface area contributed by atoms with Crippen molar-refractivity contribution >= 4 is 21.6 Å². The van der Waals surface area contributed by atoms with E-state index in [0.29, 0.717) is 11.6 Å². The van der Waals surface area contributed by atoms with Gasteiger partial charge in [0.1, 0.15) is 5.75 Å². The van der Waals surface area contributed by atoms with Gasteiger partial charge in [0, 0.05) is 11.6 Å². The molecule has 2 aromatic rings. The lowest BCUT2D eigenvalue weighted by atomic mass is 10.1. The third kappa shape index (κ3) is 3.22. The molecule has 1 fully saturated rings. The first-order valence-corrected chi connectivity index (χ1v) is 9.25. The van der Waals surface area contributed by atoms with Crippen LogP contribution in [-0.4, -0.2) is 26.4 Å². The zero-order chi connectivity index (χ0) is 16.4. The van der Waals surface area contributed by atoms with Crippen molar-refractivity contribution in [1.82, 2.24) is 4.31 Å². The maximum Gasteiger partial charge on any atom is 0.243 e. The Bertz CT molecular complexity index is 790. The molecule has 0 aromatic heterocycles. The van der Waals surface area contributed by atoms with E-state index in [2.05, 4.69) is 0 Å². The summed E-state index contributed by atoms with van der Waals surface area (Å²) in [7, 11) is -1.93. The van der Waals surface area contributed by atoms with Gasteiger partial charge in [0.2, 0.25) is 10.0 Å².